The fourth-order valence-electron chi connectivity index (χ4n) is 2.47. The van der Waals surface area contributed by atoms with Gasteiger partial charge in [0.15, 0.2) is 0 Å². The monoisotopic (exact) mass is 244 g/mol. The highest BCUT2D eigenvalue weighted by Crippen LogP contribution is 2.32. The van der Waals surface area contributed by atoms with Gasteiger partial charge in [0.05, 0.1) is 25.6 Å². The average molecular weight is 244 g/mol. The van der Waals surface area contributed by atoms with Crippen LogP contribution < -0.4 is 9.47 Å². The van der Waals surface area contributed by atoms with Gasteiger partial charge in [-0.3, -0.25) is 0 Å². The molecule has 0 spiro atoms. The first-order chi connectivity index (χ1) is 8.83. The SMILES string of the molecule is COc1ccc(OC)c2nc3c(nc12)CCCC3. The van der Waals surface area contributed by atoms with Crippen LogP contribution in [0.3, 0.4) is 0 Å². The summed E-state index contributed by atoms with van der Waals surface area (Å²) in [5, 5.41) is 0. The number of benzene rings is 1. The van der Waals surface area contributed by atoms with Gasteiger partial charge in [0.25, 0.3) is 0 Å². The van der Waals surface area contributed by atoms with Crippen molar-refractivity contribution < 1.29 is 9.47 Å². The molecule has 1 aliphatic carbocycles. The van der Waals surface area contributed by atoms with Gasteiger partial charge in [-0.2, -0.15) is 0 Å². The number of hydrogen-bond acceptors (Lipinski definition) is 4. The molecule has 1 aromatic carbocycles. The van der Waals surface area contributed by atoms with Crippen LogP contribution in [-0.4, -0.2) is 24.2 Å². The summed E-state index contributed by atoms with van der Waals surface area (Å²) in [5.41, 5.74) is 3.83. The van der Waals surface area contributed by atoms with E-state index in [0.717, 1.165) is 46.8 Å². The van der Waals surface area contributed by atoms with E-state index < -0.39 is 0 Å². The molecule has 0 fully saturated rings. The van der Waals surface area contributed by atoms with Crippen LogP contribution in [0, 0.1) is 0 Å². The second-order valence-corrected chi connectivity index (χ2v) is 4.49. The molecule has 0 unspecified atom stereocenters. The minimum absolute atomic E-state index is 0.756. The maximum absolute atomic E-state index is 5.36. The van der Waals surface area contributed by atoms with Gasteiger partial charge in [-0.15, -0.1) is 0 Å². The van der Waals surface area contributed by atoms with E-state index in [-0.39, 0.29) is 0 Å². The molecule has 0 saturated carbocycles. The summed E-state index contributed by atoms with van der Waals surface area (Å²) in [6.45, 7) is 0. The molecular formula is C14H16N2O2. The summed E-state index contributed by atoms with van der Waals surface area (Å²) >= 11 is 0. The lowest BCUT2D eigenvalue weighted by Crippen LogP contribution is -2.09. The van der Waals surface area contributed by atoms with Gasteiger partial charge >= 0.3 is 0 Å². The summed E-state index contributed by atoms with van der Waals surface area (Å²) in [6.07, 6.45) is 4.41. The Morgan fingerprint density at radius 3 is 1.67 bits per heavy atom. The molecule has 1 heterocycles. The lowest BCUT2D eigenvalue weighted by atomic mass is 10.00. The number of rotatable bonds is 2. The Labute approximate surface area is 106 Å². The van der Waals surface area contributed by atoms with Crippen molar-refractivity contribution in [1.29, 1.82) is 0 Å². The van der Waals surface area contributed by atoms with Gasteiger partial charge in [0.2, 0.25) is 0 Å². The Morgan fingerprint density at radius 2 is 1.28 bits per heavy atom. The van der Waals surface area contributed by atoms with Gasteiger partial charge in [-0.05, 0) is 37.8 Å². The second-order valence-electron chi connectivity index (χ2n) is 4.49. The Kier molecular flexibility index (Phi) is 2.78. The molecule has 0 radical (unpaired) electrons. The number of aromatic nitrogens is 2. The maximum atomic E-state index is 5.36. The first-order valence-corrected chi connectivity index (χ1v) is 6.24. The third-order valence-electron chi connectivity index (χ3n) is 3.42. The molecule has 1 aliphatic rings. The predicted octanol–water partition coefficient (Wildman–Crippen LogP) is 2.53. The zero-order chi connectivity index (χ0) is 12.5. The standard InChI is InChI=1S/C14H16N2O2/c1-17-11-7-8-12(18-2)14-13(11)15-9-5-3-4-6-10(9)16-14/h7-8H,3-6H2,1-2H3. The predicted molar refractivity (Wildman–Crippen MR) is 69.3 cm³/mol. The molecule has 0 aliphatic heterocycles. The molecule has 18 heavy (non-hydrogen) atoms. The molecule has 0 saturated heterocycles. The summed E-state index contributed by atoms with van der Waals surface area (Å²) in [6, 6.07) is 3.76. The van der Waals surface area contributed by atoms with Gasteiger partial charge in [0.1, 0.15) is 22.5 Å². The zero-order valence-corrected chi connectivity index (χ0v) is 10.7. The third-order valence-corrected chi connectivity index (χ3v) is 3.42. The van der Waals surface area contributed by atoms with E-state index in [9.17, 15) is 0 Å². The molecule has 0 amide bonds. The van der Waals surface area contributed by atoms with E-state index in [1.54, 1.807) is 14.2 Å². The lowest BCUT2D eigenvalue weighted by molar-refractivity contribution is 0.408. The first-order valence-electron chi connectivity index (χ1n) is 6.24. The van der Waals surface area contributed by atoms with Crippen LogP contribution in [-0.2, 0) is 12.8 Å². The van der Waals surface area contributed by atoms with E-state index in [1.807, 2.05) is 12.1 Å². The Hall–Kier alpha value is -1.84. The average Bonchev–Trinajstić information content (AvgIpc) is 2.44. The zero-order valence-electron chi connectivity index (χ0n) is 10.7. The molecule has 94 valence electrons. The molecule has 4 heteroatoms. The van der Waals surface area contributed by atoms with Gasteiger partial charge < -0.3 is 9.47 Å². The summed E-state index contributed by atoms with van der Waals surface area (Å²) < 4.78 is 10.7. The molecular weight excluding hydrogens is 228 g/mol. The van der Waals surface area contributed by atoms with Crippen molar-refractivity contribution >= 4 is 11.0 Å². The Bertz CT molecular complexity index is 543. The van der Waals surface area contributed by atoms with Crippen LogP contribution in [0.2, 0.25) is 0 Å². The number of nitrogens with zero attached hydrogens (tertiary/aromatic N) is 2. The van der Waals surface area contributed by atoms with Crippen molar-refractivity contribution in [2.45, 2.75) is 25.7 Å². The molecule has 2 aromatic rings. The molecule has 0 bridgehead atoms. The van der Waals surface area contributed by atoms with E-state index >= 15 is 0 Å². The van der Waals surface area contributed by atoms with Crippen LogP contribution in [0.4, 0.5) is 0 Å². The van der Waals surface area contributed by atoms with Crippen molar-refractivity contribution in [1.82, 2.24) is 9.97 Å². The molecule has 3 rings (SSSR count). The summed E-state index contributed by atoms with van der Waals surface area (Å²) in [4.78, 5) is 9.46. The molecule has 1 aromatic heterocycles. The van der Waals surface area contributed by atoms with Crippen molar-refractivity contribution in [3.63, 3.8) is 0 Å². The number of fused-ring (bicyclic) bond motifs is 2. The number of methoxy groups -OCH3 is 2. The maximum Gasteiger partial charge on any atom is 0.146 e. The quantitative estimate of drug-likeness (QED) is 0.814. The number of ether oxygens (including phenoxy) is 2. The van der Waals surface area contributed by atoms with E-state index in [2.05, 4.69) is 0 Å². The van der Waals surface area contributed by atoms with Gasteiger partial charge in [-0.25, -0.2) is 9.97 Å². The Balaban J connectivity index is 2.30. The van der Waals surface area contributed by atoms with Crippen LogP contribution >= 0.6 is 0 Å². The largest absolute Gasteiger partial charge is 0.494 e. The highest BCUT2D eigenvalue weighted by molar-refractivity contribution is 5.86. The van der Waals surface area contributed by atoms with Gasteiger partial charge in [-0.1, -0.05) is 0 Å². The Morgan fingerprint density at radius 1 is 0.833 bits per heavy atom. The normalized spacial score (nSPS) is 14.3. The number of hydrogen-bond donors (Lipinski definition) is 0. The van der Waals surface area contributed by atoms with Crippen LogP contribution in [0.1, 0.15) is 24.2 Å². The van der Waals surface area contributed by atoms with E-state index in [4.69, 9.17) is 19.4 Å². The summed E-state index contributed by atoms with van der Waals surface area (Å²) in [7, 11) is 3.31. The smallest absolute Gasteiger partial charge is 0.146 e. The molecule has 0 N–H and O–H groups in total. The fourth-order valence-corrected chi connectivity index (χ4v) is 2.47. The minimum Gasteiger partial charge on any atom is -0.494 e. The summed E-state index contributed by atoms with van der Waals surface area (Å²) in [5.74, 6) is 1.51. The second kappa shape index (κ2) is 4.44. The number of aryl methyl sites for hydroxylation is 2. The molecule has 4 nitrogen and oxygen atoms in total. The van der Waals surface area contributed by atoms with Crippen molar-refractivity contribution in [2.75, 3.05) is 14.2 Å². The minimum atomic E-state index is 0.756. The van der Waals surface area contributed by atoms with E-state index in [1.165, 1.54) is 12.8 Å². The van der Waals surface area contributed by atoms with Crippen LogP contribution in [0.25, 0.3) is 11.0 Å². The van der Waals surface area contributed by atoms with Crippen molar-refractivity contribution in [3.05, 3.63) is 23.5 Å². The lowest BCUT2D eigenvalue weighted by Gasteiger charge is -2.16. The topological polar surface area (TPSA) is 44.2 Å². The van der Waals surface area contributed by atoms with Gasteiger partial charge in [0, 0.05) is 0 Å². The third kappa shape index (κ3) is 1.68. The van der Waals surface area contributed by atoms with E-state index in [0.29, 0.717) is 0 Å². The van der Waals surface area contributed by atoms with Crippen LogP contribution in [0.15, 0.2) is 12.1 Å². The highest BCUT2D eigenvalue weighted by atomic mass is 16.5. The highest BCUT2D eigenvalue weighted by Gasteiger charge is 2.17. The van der Waals surface area contributed by atoms with Crippen molar-refractivity contribution in [3.8, 4) is 11.5 Å². The van der Waals surface area contributed by atoms with Crippen LogP contribution in [0.5, 0.6) is 11.5 Å². The fraction of sp³-hybridized carbons (Fsp3) is 0.429. The molecule has 0 atom stereocenters. The first kappa shape index (κ1) is 11.3. The van der Waals surface area contributed by atoms with Crippen molar-refractivity contribution in [2.24, 2.45) is 0 Å².